The van der Waals surface area contributed by atoms with Crippen LogP contribution < -0.4 is 5.32 Å². The fraction of sp³-hybridized carbons (Fsp3) is 0.400. The molecule has 0 fully saturated rings. The van der Waals surface area contributed by atoms with Crippen LogP contribution in [0.15, 0.2) is 17.8 Å². The second-order valence-corrected chi connectivity index (χ2v) is 1.01. The monoisotopic (exact) mass is 98.1 g/mol. The lowest BCUT2D eigenvalue weighted by molar-refractivity contribution is 0.890. The van der Waals surface area contributed by atoms with E-state index in [2.05, 4.69) is 16.9 Å². The van der Waals surface area contributed by atoms with Gasteiger partial charge in [-0.25, -0.2) is 0 Å². The smallest absolute Gasteiger partial charge is 0.106 e. The SMILES string of the molecule is C=CNC/N=C\C. The molecule has 0 radical (unpaired) electrons. The van der Waals surface area contributed by atoms with E-state index < -0.39 is 0 Å². The minimum atomic E-state index is 0.639. The molecule has 0 spiro atoms. The molecule has 2 nitrogen and oxygen atoms in total. The highest BCUT2D eigenvalue weighted by molar-refractivity contribution is 5.52. The molecule has 40 valence electrons. The maximum Gasteiger partial charge on any atom is 0.106 e. The number of hydrogen-bond donors (Lipinski definition) is 1. The summed E-state index contributed by atoms with van der Waals surface area (Å²) in [5.74, 6) is 0. The highest BCUT2D eigenvalue weighted by Crippen LogP contribution is 1.58. The van der Waals surface area contributed by atoms with E-state index in [-0.39, 0.29) is 0 Å². The Kier molecular flexibility index (Phi) is 4.62. The molecule has 0 amide bonds. The summed E-state index contributed by atoms with van der Waals surface area (Å²) in [4.78, 5) is 3.85. The fourth-order valence-electron chi connectivity index (χ4n) is 0.209. The van der Waals surface area contributed by atoms with E-state index in [1.165, 1.54) is 0 Å². The van der Waals surface area contributed by atoms with Gasteiger partial charge in [-0.2, -0.15) is 0 Å². The topological polar surface area (TPSA) is 24.4 Å². The van der Waals surface area contributed by atoms with E-state index in [1.54, 1.807) is 12.4 Å². The molecule has 0 aliphatic rings. The Balaban J connectivity index is 2.82. The molecule has 2 heteroatoms. The van der Waals surface area contributed by atoms with Crippen molar-refractivity contribution < 1.29 is 0 Å². The molecule has 0 heterocycles. The summed E-state index contributed by atoms with van der Waals surface area (Å²) in [5, 5.41) is 2.82. The summed E-state index contributed by atoms with van der Waals surface area (Å²) >= 11 is 0. The van der Waals surface area contributed by atoms with E-state index in [0.717, 1.165) is 0 Å². The van der Waals surface area contributed by atoms with Gasteiger partial charge in [-0.15, -0.1) is 0 Å². The Bertz CT molecular complexity index is 66.5. The van der Waals surface area contributed by atoms with Crippen molar-refractivity contribution in [2.75, 3.05) is 6.67 Å². The Morgan fingerprint density at radius 1 is 1.86 bits per heavy atom. The molecule has 0 saturated carbocycles. The van der Waals surface area contributed by atoms with Crippen LogP contribution in [0.4, 0.5) is 0 Å². The molecule has 0 aromatic heterocycles. The summed E-state index contributed by atoms with van der Waals surface area (Å²) in [6.07, 6.45) is 3.36. The van der Waals surface area contributed by atoms with Gasteiger partial charge in [-0.1, -0.05) is 6.58 Å². The lowest BCUT2D eigenvalue weighted by atomic mass is 10.8. The summed E-state index contributed by atoms with van der Waals surface area (Å²) in [6.45, 7) is 5.97. The lowest BCUT2D eigenvalue weighted by Crippen LogP contribution is -2.02. The number of aliphatic imine (C=N–C) groups is 1. The van der Waals surface area contributed by atoms with E-state index >= 15 is 0 Å². The summed E-state index contributed by atoms with van der Waals surface area (Å²) in [6, 6.07) is 0. The van der Waals surface area contributed by atoms with Crippen LogP contribution in [0.5, 0.6) is 0 Å². The maximum absolute atomic E-state index is 3.85. The van der Waals surface area contributed by atoms with Gasteiger partial charge in [-0.3, -0.25) is 4.99 Å². The van der Waals surface area contributed by atoms with Crippen molar-refractivity contribution in [3.8, 4) is 0 Å². The van der Waals surface area contributed by atoms with Gasteiger partial charge in [0.25, 0.3) is 0 Å². The standard InChI is InChI=1S/C5H10N2/c1-3-6-5-7-4-2/h3-4,6H,1,5H2,2H3/b7-4-. The van der Waals surface area contributed by atoms with E-state index in [9.17, 15) is 0 Å². The van der Waals surface area contributed by atoms with Gasteiger partial charge < -0.3 is 5.32 Å². The zero-order chi connectivity index (χ0) is 5.54. The predicted molar refractivity (Wildman–Crippen MR) is 32.4 cm³/mol. The van der Waals surface area contributed by atoms with Gasteiger partial charge in [0.05, 0.1) is 0 Å². The predicted octanol–water partition coefficient (Wildman–Crippen LogP) is 0.768. The Morgan fingerprint density at radius 2 is 2.57 bits per heavy atom. The van der Waals surface area contributed by atoms with Gasteiger partial charge in [0.2, 0.25) is 0 Å². The fourth-order valence-corrected chi connectivity index (χ4v) is 0.209. The van der Waals surface area contributed by atoms with Crippen molar-refractivity contribution >= 4 is 6.21 Å². The number of nitrogens with zero attached hydrogens (tertiary/aromatic N) is 1. The van der Waals surface area contributed by atoms with Gasteiger partial charge in [0.15, 0.2) is 0 Å². The zero-order valence-corrected chi connectivity index (χ0v) is 4.52. The third-order valence-corrected chi connectivity index (χ3v) is 0.509. The van der Waals surface area contributed by atoms with E-state index in [1.807, 2.05) is 6.92 Å². The first-order valence-corrected chi connectivity index (χ1v) is 2.20. The molecular weight excluding hydrogens is 88.1 g/mol. The molecule has 0 aliphatic heterocycles. The van der Waals surface area contributed by atoms with Crippen molar-refractivity contribution in [3.05, 3.63) is 12.8 Å². The third kappa shape index (κ3) is 5.21. The second kappa shape index (κ2) is 5.21. The average Bonchev–Trinajstić information content (AvgIpc) is 1.69. The first-order chi connectivity index (χ1) is 3.41. The largest absolute Gasteiger partial charge is 0.373 e. The number of hydrogen-bond acceptors (Lipinski definition) is 2. The number of rotatable bonds is 3. The average molecular weight is 98.1 g/mol. The Morgan fingerprint density at radius 3 is 3.00 bits per heavy atom. The van der Waals surface area contributed by atoms with Crippen molar-refractivity contribution in [1.82, 2.24) is 5.32 Å². The number of nitrogens with one attached hydrogen (secondary N) is 1. The van der Waals surface area contributed by atoms with Gasteiger partial charge >= 0.3 is 0 Å². The van der Waals surface area contributed by atoms with Crippen LogP contribution >= 0.6 is 0 Å². The van der Waals surface area contributed by atoms with E-state index in [4.69, 9.17) is 0 Å². The van der Waals surface area contributed by atoms with Crippen LogP contribution in [0.2, 0.25) is 0 Å². The first kappa shape index (κ1) is 6.21. The van der Waals surface area contributed by atoms with Crippen LogP contribution in [-0.4, -0.2) is 12.9 Å². The van der Waals surface area contributed by atoms with Crippen LogP contribution in [0.3, 0.4) is 0 Å². The molecule has 0 rings (SSSR count). The van der Waals surface area contributed by atoms with Gasteiger partial charge in [-0.05, 0) is 19.3 Å². The molecule has 0 saturated heterocycles. The Hall–Kier alpha value is -0.790. The Labute approximate surface area is 44.0 Å². The first-order valence-electron chi connectivity index (χ1n) is 2.20. The molecule has 1 N–H and O–H groups in total. The van der Waals surface area contributed by atoms with E-state index in [0.29, 0.717) is 6.67 Å². The minimum absolute atomic E-state index is 0.639. The minimum Gasteiger partial charge on any atom is -0.373 e. The summed E-state index contributed by atoms with van der Waals surface area (Å²) in [7, 11) is 0. The maximum atomic E-state index is 3.85. The molecule has 0 aliphatic carbocycles. The highest BCUT2D eigenvalue weighted by atomic mass is 15.0. The normalized spacial score (nSPS) is 9.29. The molecule has 0 bridgehead atoms. The van der Waals surface area contributed by atoms with Crippen molar-refractivity contribution in [2.24, 2.45) is 4.99 Å². The van der Waals surface area contributed by atoms with Crippen molar-refractivity contribution in [1.29, 1.82) is 0 Å². The van der Waals surface area contributed by atoms with Crippen LogP contribution in [0, 0.1) is 0 Å². The third-order valence-electron chi connectivity index (χ3n) is 0.509. The quantitative estimate of drug-likeness (QED) is 0.409. The zero-order valence-electron chi connectivity index (χ0n) is 4.52. The van der Waals surface area contributed by atoms with Crippen molar-refractivity contribution in [3.63, 3.8) is 0 Å². The van der Waals surface area contributed by atoms with Crippen LogP contribution in [0.1, 0.15) is 6.92 Å². The van der Waals surface area contributed by atoms with Crippen molar-refractivity contribution in [2.45, 2.75) is 6.92 Å². The summed E-state index contributed by atoms with van der Waals surface area (Å²) in [5.41, 5.74) is 0. The molecular formula is C5H10N2. The molecule has 0 aromatic carbocycles. The highest BCUT2D eigenvalue weighted by Gasteiger charge is 1.62. The lowest BCUT2D eigenvalue weighted by Gasteiger charge is -1.87. The summed E-state index contributed by atoms with van der Waals surface area (Å²) < 4.78 is 0. The molecule has 7 heavy (non-hydrogen) atoms. The van der Waals surface area contributed by atoms with Gasteiger partial charge in [0.1, 0.15) is 6.67 Å². The van der Waals surface area contributed by atoms with Gasteiger partial charge in [0, 0.05) is 0 Å². The molecule has 0 atom stereocenters. The molecule has 0 aromatic rings. The second-order valence-electron chi connectivity index (χ2n) is 1.01. The van der Waals surface area contributed by atoms with Crippen LogP contribution in [0.25, 0.3) is 0 Å². The van der Waals surface area contributed by atoms with Crippen LogP contribution in [-0.2, 0) is 0 Å². The molecule has 0 unspecified atom stereocenters.